The molecule has 9 heteroatoms. The quantitative estimate of drug-likeness (QED) is 0.387. The van der Waals surface area contributed by atoms with Gasteiger partial charge in [-0.05, 0) is 0 Å². The van der Waals surface area contributed by atoms with Gasteiger partial charge in [0.05, 0.1) is 18.8 Å². The normalized spacial score (nSPS) is 30.7. The third-order valence-corrected chi connectivity index (χ3v) is 3.00. The van der Waals surface area contributed by atoms with E-state index in [1.54, 1.807) is 0 Å². The molecular formula is C10H14N2O7. The maximum Gasteiger partial charge on any atom is 0.330 e. The Kier molecular flexibility index (Phi) is 3.83. The molecule has 106 valence electrons. The summed E-state index contributed by atoms with van der Waals surface area (Å²) in [5, 5.41) is 37.3. The average Bonchev–Trinajstić information content (AvgIpc) is 2.67. The first-order chi connectivity index (χ1) is 8.99. The molecule has 1 aliphatic rings. The molecule has 0 spiro atoms. The zero-order valence-electron chi connectivity index (χ0n) is 9.76. The van der Waals surface area contributed by atoms with Crippen molar-refractivity contribution in [2.45, 2.75) is 31.1 Å². The Morgan fingerprint density at radius 3 is 2.47 bits per heavy atom. The number of hydrogen-bond acceptors (Lipinski definition) is 7. The Bertz CT molecular complexity index is 566. The van der Waals surface area contributed by atoms with Crippen LogP contribution in [0.25, 0.3) is 0 Å². The molecule has 5 N–H and O–H groups in total. The number of nitrogens with zero attached hydrogens (tertiary/aromatic N) is 1. The molecule has 1 saturated heterocycles. The molecule has 0 radical (unpaired) electrons. The number of aromatic nitrogens is 2. The Balaban J connectivity index is 2.43. The number of ether oxygens (including phenoxy) is 1. The Morgan fingerprint density at radius 1 is 1.26 bits per heavy atom. The van der Waals surface area contributed by atoms with Gasteiger partial charge < -0.3 is 25.2 Å². The summed E-state index contributed by atoms with van der Waals surface area (Å²) in [5.74, 6) is 0. The highest BCUT2D eigenvalue weighted by Crippen LogP contribution is 2.27. The second-order valence-electron chi connectivity index (χ2n) is 4.21. The molecule has 0 unspecified atom stereocenters. The van der Waals surface area contributed by atoms with Crippen LogP contribution in [0.4, 0.5) is 0 Å². The van der Waals surface area contributed by atoms with E-state index < -0.39 is 49.0 Å². The molecule has 9 nitrogen and oxygen atoms in total. The van der Waals surface area contributed by atoms with Gasteiger partial charge in [0.1, 0.15) is 18.3 Å². The fraction of sp³-hybridized carbons (Fsp3) is 0.600. The lowest BCUT2D eigenvalue weighted by Crippen LogP contribution is -2.38. The van der Waals surface area contributed by atoms with Crippen LogP contribution in [-0.4, -0.2) is 54.9 Å². The third kappa shape index (κ3) is 2.33. The molecule has 1 aromatic heterocycles. The summed E-state index contributed by atoms with van der Waals surface area (Å²) in [6, 6.07) is 0. The van der Waals surface area contributed by atoms with Gasteiger partial charge in [0, 0.05) is 6.20 Å². The van der Waals surface area contributed by atoms with Crippen LogP contribution < -0.4 is 11.2 Å². The van der Waals surface area contributed by atoms with Crippen LogP contribution in [0.5, 0.6) is 0 Å². The van der Waals surface area contributed by atoms with Crippen molar-refractivity contribution in [3.8, 4) is 0 Å². The van der Waals surface area contributed by atoms with Crippen LogP contribution >= 0.6 is 0 Å². The first kappa shape index (κ1) is 13.9. The van der Waals surface area contributed by atoms with Crippen LogP contribution in [0.3, 0.4) is 0 Å². The molecule has 0 aliphatic carbocycles. The fourth-order valence-corrected chi connectivity index (χ4v) is 1.94. The van der Waals surface area contributed by atoms with Gasteiger partial charge >= 0.3 is 5.69 Å². The van der Waals surface area contributed by atoms with E-state index in [1.807, 2.05) is 4.98 Å². The fourth-order valence-electron chi connectivity index (χ4n) is 1.94. The Labute approximate surface area is 106 Å². The van der Waals surface area contributed by atoms with E-state index in [2.05, 4.69) is 0 Å². The van der Waals surface area contributed by atoms with Crippen molar-refractivity contribution in [1.82, 2.24) is 9.55 Å². The van der Waals surface area contributed by atoms with E-state index in [-0.39, 0.29) is 5.56 Å². The smallest absolute Gasteiger partial charge is 0.330 e. The van der Waals surface area contributed by atoms with Crippen LogP contribution in [0.1, 0.15) is 11.8 Å². The molecule has 0 bridgehead atoms. The number of nitrogens with one attached hydrogen (secondary N) is 1. The van der Waals surface area contributed by atoms with E-state index in [0.717, 1.165) is 10.8 Å². The lowest BCUT2D eigenvalue weighted by atomic mass is 10.1. The minimum atomic E-state index is -1.44. The van der Waals surface area contributed by atoms with Gasteiger partial charge in [-0.15, -0.1) is 0 Å². The Hall–Kier alpha value is -1.52. The van der Waals surface area contributed by atoms with Crippen LogP contribution in [0.15, 0.2) is 15.8 Å². The lowest BCUT2D eigenvalue weighted by Gasteiger charge is -2.17. The van der Waals surface area contributed by atoms with Crippen molar-refractivity contribution in [1.29, 1.82) is 0 Å². The number of hydrogen-bond donors (Lipinski definition) is 5. The maximum atomic E-state index is 11.6. The molecule has 19 heavy (non-hydrogen) atoms. The molecule has 1 aromatic rings. The molecule has 1 fully saturated rings. The van der Waals surface area contributed by atoms with Gasteiger partial charge in [-0.1, -0.05) is 0 Å². The summed E-state index contributed by atoms with van der Waals surface area (Å²) >= 11 is 0. The topological polar surface area (TPSA) is 145 Å². The monoisotopic (exact) mass is 274 g/mol. The highest BCUT2D eigenvalue weighted by atomic mass is 16.6. The lowest BCUT2D eigenvalue weighted by molar-refractivity contribution is -0.0552. The summed E-state index contributed by atoms with van der Waals surface area (Å²) in [6.45, 7) is -1.12. The van der Waals surface area contributed by atoms with E-state index in [4.69, 9.17) is 14.9 Å². The minimum Gasteiger partial charge on any atom is -0.394 e. The van der Waals surface area contributed by atoms with Gasteiger partial charge in [-0.3, -0.25) is 14.3 Å². The molecule has 1 aliphatic heterocycles. The molecule has 2 heterocycles. The van der Waals surface area contributed by atoms with E-state index in [9.17, 15) is 19.8 Å². The van der Waals surface area contributed by atoms with E-state index >= 15 is 0 Å². The SMILES string of the molecule is O=c1[nH]c(=O)n([C@@H]2O[C@H](CO)[C@H](O)[C@H]2O)cc1CO. The van der Waals surface area contributed by atoms with Crippen molar-refractivity contribution >= 4 is 0 Å². The number of H-pyrrole nitrogens is 1. The zero-order valence-corrected chi connectivity index (χ0v) is 9.76. The van der Waals surface area contributed by atoms with E-state index in [1.165, 1.54) is 0 Å². The van der Waals surface area contributed by atoms with Crippen molar-refractivity contribution in [2.75, 3.05) is 6.61 Å². The second-order valence-corrected chi connectivity index (χ2v) is 4.21. The summed E-state index contributed by atoms with van der Waals surface area (Å²) in [7, 11) is 0. The van der Waals surface area contributed by atoms with Gasteiger partial charge in [0.15, 0.2) is 6.23 Å². The highest BCUT2D eigenvalue weighted by molar-refractivity contribution is 5.04. The summed E-state index contributed by atoms with van der Waals surface area (Å²) < 4.78 is 6.01. The molecular weight excluding hydrogens is 260 g/mol. The van der Waals surface area contributed by atoms with Gasteiger partial charge in [0.2, 0.25) is 0 Å². The molecule has 0 amide bonds. The summed E-state index contributed by atoms with van der Waals surface area (Å²) in [6.07, 6.45) is -4.03. The van der Waals surface area contributed by atoms with Gasteiger partial charge in [0.25, 0.3) is 5.56 Å². The standard InChI is InChI=1S/C10H14N2O7/c13-2-4-1-12(10(18)11-8(4)17)9-7(16)6(15)5(3-14)19-9/h1,5-7,9,13-16H,2-3H2,(H,11,17,18)/t5-,6+,7-,9-/m1/s1. The van der Waals surface area contributed by atoms with Gasteiger partial charge in [-0.2, -0.15) is 0 Å². The summed E-state index contributed by atoms with van der Waals surface area (Å²) in [5.41, 5.74) is -1.68. The van der Waals surface area contributed by atoms with Crippen LogP contribution in [-0.2, 0) is 11.3 Å². The highest BCUT2D eigenvalue weighted by Gasteiger charge is 2.43. The van der Waals surface area contributed by atoms with Crippen molar-refractivity contribution in [3.05, 3.63) is 32.6 Å². The second kappa shape index (κ2) is 5.23. The molecule has 4 atom stereocenters. The maximum absolute atomic E-state index is 11.6. The van der Waals surface area contributed by atoms with Crippen molar-refractivity contribution < 1.29 is 25.2 Å². The molecule has 2 rings (SSSR count). The van der Waals surface area contributed by atoms with Crippen LogP contribution in [0.2, 0.25) is 0 Å². The zero-order chi connectivity index (χ0) is 14.2. The molecule has 0 saturated carbocycles. The first-order valence-electron chi connectivity index (χ1n) is 5.57. The average molecular weight is 274 g/mol. The number of aliphatic hydroxyl groups is 4. The first-order valence-corrected chi connectivity index (χ1v) is 5.57. The van der Waals surface area contributed by atoms with Crippen molar-refractivity contribution in [2.24, 2.45) is 0 Å². The minimum absolute atomic E-state index is 0.0858. The van der Waals surface area contributed by atoms with Gasteiger partial charge in [-0.25, -0.2) is 4.79 Å². The number of rotatable bonds is 3. The Morgan fingerprint density at radius 2 is 1.95 bits per heavy atom. The predicted octanol–water partition coefficient (Wildman–Crippen LogP) is -3.36. The third-order valence-electron chi connectivity index (χ3n) is 3.00. The van der Waals surface area contributed by atoms with Crippen LogP contribution in [0, 0.1) is 0 Å². The largest absolute Gasteiger partial charge is 0.394 e. The predicted molar refractivity (Wildman–Crippen MR) is 60.3 cm³/mol. The number of aromatic amines is 1. The molecule has 0 aromatic carbocycles. The number of aliphatic hydroxyl groups excluding tert-OH is 4. The van der Waals surface area contributed by atoms with E-state index in [0.29, 0.717) is 0 Å². The summed E-state index contributed by atoms with van der Waals surface area (Å²) in [4.78, 5) is 24.9. The van der Waals surface area contributed by atoms with Crippen molar-refractivity contribution in [3.63, 3.8) is 0 Å².